The van der Waals surface area contributed by atoms with Crippen molar-refractivity contribution in [3.8, 4) is 28.0 Å². The average Bonchev–Trinajstić information content (AvgIpc) is 3.73. The smallest absolute Gasteiger partial charge is 0.136 e. The summed E-state index contributed by atoms with van der Waals surface area (Å²) in [6.45, 7) is 0. The molecule has 0 spiro atoms. The van der Waals surface area contributed by atoms with E-state index in [2.05, 4.69) is 163 Å². The van der Waals surface area contributed by atoms with E-state index in [1.807, 2.05) is 18.2 Å². The molecule has 7 aromatic carbocycles. The van der Waals surface area contributed by atoms with Crippen LogP contribution < -0.4 is 9.64 Å². The molecule has 1 aliphatic heterocycles. The van der Waals surface area contributed by atoms with Crippen LogP contribution in [0.5, 0.6) is 5.75 Å². The first kappa shape index (κ1) is 27.8. The van der Waals surface area contributed by atoms with Crippen molar-refractivity contribution < 1.29 is 9.15 Å². The van der Waals surface area contributed by atoms with Gasteiger partial charge in [0.2, 0.25) is 0 Å². The van der Waals surface area contributed by atoms with Crippen molar-refractivity contribution in [2.24, 2.45) is 0 Å². The number of hydrogen-bond acceptors (Lipinski definition) is 3. The van der Waals surface area contributed by atoms with Gasteiger partial charge < -0.3 is 14.1 Å². The fourth-order valence-electron chi connectivity index (χ4n) is 7.61. The molecule has 0 saturated carbocycles. The van der Waals surface area contributed by atoms with E-state index in [0.717, 1.165) is 61.5 Å². The molecule has 0 saturated heterocycles. The van der Waals surface area contributed by atoms with E-state index in [-0.39, 0.29) is 12.0 Å². The van der Waals surface area contributed by atoms with E-state index in [1.165, 1.54) is 21.9 Å². The van der Waals surface area contributed by atoms with Crippen LogP contribution in [-0.4, -0.2) is 6.10 Å². The van der Waals surface area contributed by atoms with Gasteiger partial charge in [0.25, 0.3) is 0 Å². The minimum Gasteiger partial charge on any atom is -0.485 e. The third kappa shape index (κ3) is 4.66. The Morgan fingerprint density at radius 1 is 0.531 bits per heavy atom. The molecule has 0 fully saturated rings. The van der Waals surface area contributed by atoms with Gasteiger partial charge in [-0.25, -0.2) is 0 Å². The van der Waals surface area contributed by atoms with Gasteiger partial charge in [-0.15, -0.1) is 0 Å². The molecule has 1 aromatic heterocycles. The maximum Gasteiger partial charge on any atom is 0.136 e. The van der Waals surface area contributed by atoms with Gasteiger partial charge in [0, 0.05) is 39.2 Å². The minimum atomic E-state index is -0.0809. The van der Waals surface area contributed by atoms with Gasteiger partial charge in [0.15, 0.2) is 0 Å². The van der Waals surface area contributed by atoms with Crippen LogP contribution >= 0.6 is 0 Å². The normalized spacial score (nSPS) is 16.4. The molecule has 0 amide bonds. The molecule has 0 N–H and O–H groups in total. The molecule has 0 bridgehead atoms. The van der Waals surface area contributed by atoms with Crippen LogP contribution in [0.3, 0.4) is 0 Å². The number of ether oxygens (including phenoxy) is 1. The number of nitrogens with zero attached hydrogens (tertiary/aromatic N) is 1. The standard InChI is InChI=1S/C46H31NO2/c1-2-11-31-26-33(21-20-30(31)10-1)32-12-9-13-35(27-32)47(36-23-25-41-39-16-5-8-19-44(39)49-46(41)29-36)42-17-6-3-14-37(42)34-22-24-40-38-15-4-7-18-43(38)48-45(40)28-34/h1-29,41,46H. The van der Waals surface area contributed by atoms with Crippen LogP contribution in [0.15, 0.2) is 186 Å². The number of rotatable bonds is 5. The molecular formula is C46H31NO2. The van der Waals surface area contributed by atoms with Crippen molar-refractivity contribution in [2.75, 3.05) is 4.90 Å². The van der Waals surface area contributed by atoms with Gasteiger partial charge in [-0.2, -0.15) is 0 Å². The van der Waals surface area contributed by atoms with Gasteiger partial charge >= 0.3 is 0 Å². The van der Waals surface area contributed by atoms with Gasteiger partial charge in [-0.3, -0.25) is 0 Å². The van der Waals surface area contributed by atoms with Crippen LogP contribution in [0.1, 0.15) is 11.5 Å². The van der Waals surface area contributed by atoms with Crippen molar-refractivity contribution in [3.05, 3.63) is 187 Å². The molecule has 232 valence electrons. The maximum atomic E-state index is 6.52. The second-order valence-corrected chi connectivity index (χ2v) is 12.9. The Morgan fingerprint density at radius 3 is 2.29 bits per heavy atom. The Balaban J connectivity index is 1.13. The zero-order valence-electron chi connectivity index (χ0n) is 26.7. The molecule has 2 heterocycles. The Hall–Kier alpha value is -6.32. The highest BCUT2D eigenvalue weighted by Gasteiger charge is 2.34. The third-order valence-electron chi connectivity index (χ3n) is 9.98. The Bertz CT molecular complexity index is 2630. The minimum absolute atomic E-state index is 0.0809. The van der Waals surface area contributed by atoms with Gasteiger partial charge in [-0.1, -0.05) is 115 Å². The van der Waals surface area contributed by atoms with Crippen LogP contribution in [0.2, 0.25) is 0 Å². The number of para-hydroxylation sites is 3. The first-order valence-electron chi connectivity index (χ1n) is 16.8. The van der Waals surface area contributed by atoms with Crippen LogP contribution in [-0.2, 0) is 0 Å². The number of allylic oxidation sites excluding steroid dienone is 1. The quantitative estimate of drug-likeness (QED) is 0.189. The molecular weight excluding hydrogens is 599 g/mol. The highest BCUT2D eigenvalue weighted by molar-refractivity contribution is 6.06. The largest absolute Gasteiger partial charge is 0.485 e. The molecule has 8 aromatic rings. The summed E-state index contributed by atoms with van der Waals surface area (Å²) in [5, 5.41) is 4.73. The van der Waals surface area contributed by atoms with E-state index in [0.29, 0.717) is 0 Å². The Kier molecular flexibility index (Phi) is 6.31. The van der Waals surface area contributed by atoms with E-state index < -0.39 is 0 Å². The summed E-state index contributed by atoms with van der Waals surface area (Å²) in [6.07, 6.45) is 6.76. The Morgan fingerprint density at radius 2 is 1.31 bits per heavy atom. The summed E-state index contributed by atoms with van der Waals surface area (Å²) in [7, 11) is 0. The fraction of sp³-hybridized carbons (Fsp3) is 0.0435. The first-order valence-corrected chi connectivity index (χ1v) is 16.8. The van der Waals surface area contributed by atoms with Crippen molar-refractivity contribution >= 4 is 44.1 Å². The van der Waals surface area contributed by atoms with Gasteiger partial charge in [0.05, 0.1) is 5.69 Å². The first-order chi connectivity index (χ1) is 24.3. The molecule has 49 heavy (non-hydrogen) atoms. The molecule has 3 heteroatoms. The van der Waals surface area contributed by atoms with E-state index in [4.69, 9.17) is 9.15 Å². The van der Waals surface area contributed by atoms with Gasteiger partial charge in [0.1, 0.15) is 23.0 Å². The van der Waals surface area contributed by atoms with Crippen molar-refractivity contribution in [2.45, 2.75) is 12.0 Å². The summed E-state index contributed by atoms with van der Waals surface area (Å²) in [6, 6.07) is 56.0. The summed E-state index contributed by atoms with van der Waals surface area (Å²) in [5.74, 6) is 1.15. The van der Waals surface area contributed by atoms with Crippen molar-refractivity contribution in [3.63, 3.8) is 0 Å². The molecule has 2 atom stereocenters. The van der Waals surface area contributed by atoms with Gasteiger partial charge in [-0.05, 0) is 88.1 Å². The SMILES string of the molecule is C1=CC2c3ccccc3OC2C=C1N(c1cccc(-c2ccc3ccccc3c2)c1)c1ccccc1-c1ccc2c(c1)oc1ccccc12. The lowest BCUT2D eigenvalue weighted by Gasteiger charge is -2.31. The molecule has 3 nitrogen and oxygen atoms in total. The third-order valence-corrected chi connectivity index (χ3v) is 9.98. The zero-order chi connectivity index (χ0) is 32.3. The summed E-state index contributed by atoms with van der Waals surface area (Å²) >= 11 is 0. The van der Waals surface area contributed by atoms with Crippen molar-refractivity contribution in [1.82, 2.24) is 0 Å². The van der Waals surface area contributed by atoms with Crippen LogP contribution in [0.25, 0.3) is 55.0 Å². The number of fused-ring (bicyclic) bond motifs is 7. The summed E-state index contributed by atoms with van der Waals surface area (Å²) in [5.41, 5.74) is 10.8. The number of anilines is 2. The predicted molar refractivity (Wildman–Crippen MR) is 202 cm³/mol. The molecule has 10 rings (SSSR count). The van der Waals surface area contributed by atoms with E-state index in [1.54, 1.807) is 0 Å². The topological polar surface area (TPSA) is 25.6 Å². The lowest BCUT2D eigenvalue weighted by molar-refractivity contribution is 0.267. The molecule has 2 unspecified atom stereocenters. The lowest BCUT2D eigenvalue weighted by atomic mass is 9.90. The Labute approximate surface area is 284 Å². The van der Waals surface area contributed by atoms with E-state index in [9.17, 15) is 0 Å². The number of benzene rings is 7. The predicted octanol–water partition coefficient (Wildman–Crippen LogP) is 12.2. The fourth-order valence-corrected chi connectivity index (χ4v) is 7.61. The molecule has 2 aliphatic rings. The summed E-state index contributed by atoms with van der Waals surface area (Å²) in [4.78, 5) is 2.38. The van der Waals surface area contributed by atoms with Crippen LogP contribution in [0.4, 0.5) is 11.4 Å². The highest BCUT2D eigenvalue weighted by atomic mass is 16.5. The van der Waals surface area contributed by atoms with E-state index >= 15 is 0 Å². The molecule has 1 aliphatic carbocycles. The average molecular weight is 630 g/mol. The maximum absolute atomic E-state index is 6.52. The zero-order valence-corrected chi connectivity index (χ0v) is 26.7. The lowest BCUT2D eigenvalue weighted by Crippen LogP contribution is -2.24. The number of furan rings is 1. The van der Waals surface area contributed by atoms with Crippen LogP contribution in [0, 0.1) is 0 Å². The summed E-state index contributed by atoms with van der Waals surface area (Å²) < 4.78 is 12.9. The molecule has 0 radical (unpaired) electrons. The van der Waals surface area contributed by atoms with Crippen molar-refractivity contribution in [1.29, 1.82) is 0 Å². The second-order valence-electron chi connectivity index (χ2n) is 12.9. The second kappa shape index (κ2) is 11.1. The highest BCUT2D eigenvalue weighted by Crippen LogP contribution is 2.46. The number of hydrogen-bond donors (Lipinski definition) is 0. The monoisotopic (exact) mass is 629 g/mol.